The topological polar surface area (TPSA) is 86.7 Å². The van der Waals surface area contributed by atoms with Crippen LogP contribution in [0.1, 0.15) is 36.0 Å². The van der Waals surface area contributed by atoms with Crippen molar-refractivity contribution < 1.29 is 19.5 Å². The summed E-state index contributed by atoms with van der Waals surface area (Å²) in [4.78, 5) is 38.3. The largest absolute Gasteiger partial charge is 0.480 e. The molecule has 2 aliphatic heterocycles. The quantitative estimate of drug-likeness (QED) is 0.807. The molecule has 2 heterocycles. The summed E-state index contributed by atoms with van der Waals surface area (Å²) >= 11 is 5.90. The molecule has 0 spiro atoms. The monoisotopic (exact) mass is 362 g/mol. The smallest absolute Gasteiger partial charge is 0.326 e. The van der Waals surface area contributed by atoms with Crippen molar-refractivity contribution in [2.75, 3.05) is 0 Å². The highest BCUT2D eigenvalue weighted by Gasteiger charge is 2.43. The minimum atomic E-state index is -1.000. The molecule has 132 valence electrons. The average Bonchev–Trinajstić information content (AvgIpc) is 2.99. The minimum absolute atomic E-state index is 0.129. The summed E-state index contributed by atoms with van der Waals surface area (Å²) in [5, 5.41) is 12.5. The number of aliphatic carboxylic acids is 1. The third kappa shape index (κ3) is 3.69. The van der Waals surface area contributed by atoms with E-state index >= 15 is 0 Å². The van der Waals surface area contributed by atoms with Crippen LogP contribution in [0.4, 0.5) is 0 Å². The first-order valence-electron chi connectivity index (χ1n) is 8.24. The van der Waals surface area contributed by atoms with Gasteiger partial charge in [-0.3, -0.25) is 9.59 Å². The van der Waals surface area contributed by atoms with Crippen molar-refractivity contribution in [3.8, 4) is 0 Å². The second-order valence-corrected chi connectivity index (χ2v) is 6.75. The van der Waals surface area contributed by atoms with E-state index < -0.39 is 24.0 Å². The summed E-state index contributed by atoms with van der Waals surface area (Å²) in [7, 11) is 0. The number of hydrogen-bond acceptors (Lipinski definition) is 3. The van der Waals surface area contributed by atoms with Crippen LogP contribution >= 0.6 is 11.6 Å². The molecule has 7 heteroatoms. The molecular weight excluding hydrogens is 344 g/mol. The molecule has 2 amide bonds. The Morgan fingerprint density at radius 2 is 1.96 bits per heavy atom. The van der Waals surface area contributed by atoms with Crippen molar-refractivity contribution in [3.05, 3.63) is 47.0 Å². The molecule has 6 nitrogen and oxygen atoms in total. The highest BCUT2D eigenvalue weighted by atomic mass is 35.5. The van der Waals surface area contributed by atoms with Crippen LogP contribution in [0.2, 0.25) is 5.02 Å². The number of halogens is 1. The van der Waals surface area contributed by atoms with Crippen LogP contribution in [0, 0.1) is 0 Å². The molecule has 1 aromatic carbocycles. The van der Waals surface area contributed by atoms with Gasteiger partial charge in [-0.25, -0.2) is 4.79 Å². The van der Waals surface area contributed by atoms with Gasteiger partial charge in [0.05, 0.1) is 0 Å². The summed E-state index contributed by atoms with van der Waals surface area (Å²) in [5.74, 6) is -1.74. The van der Waals surface area contributed by atoms with Gasteiger partial charge in [-0.15, -0.1) is 0 Å². The normalized spacial score (nSPS) is 25.9. The van der Waals surface area contributed by atoms with E-state index in [9.17, 15) is 19.5 Å². The Bertz CT molecular complexity index is 734. The maximum absolute atomic E-state index is 12.9. The number of carbonyl (C=O) groups is 3. The molecular formula is C18H19ClN2O4. The van der Waals surface area contributed by atoms with Crippen LogP contribution in [-0.2, 0) is 9.59 Å². The summed E-state index contributed by atoms with van der Waals surface area (Å²) < 4.78 is 0. The van der Waals surface area contributed by atoms with Gasteiger partial charge in [0.15, 0.2) is 0 Å². The molecule has 2 aliphatic rings. The molecule has 0 unspecified atom stereocenters. The van der Waals surface area contributed by atoms with Gasteiger partial charge in [0.25, 0.3) is 5.91 Å². The maximum atomic E-state index is 12.9. The molecule has 1 saturated heterocycles. The fraction of sp³-hybridized carbons (Fsp3) is 0.389. The third-order valence-corrected chi connectivity index (χ3v) is 4.91. The lowest BCUT2D eigenvalue weighted by Crippen LogP contribution is -2.54. The summed E-state index contributed by atoms with van der Waals surface area (Å²) in [6, 6.07) is 4.72. The second-order valence-electron chi connectivity index (χ2n) is 6.31. The van der Waals surface area contributed by atoms with Crippen LogP contribution in [-0.4, -0.2) is 45.9 Å². The van der Waals surface area contributed by atoms with Crippen LogP contribution in [0.5, 0.6) is 0 Å². The number of amides is 2. The zero-order chi connectivity index (χ0) is 18.0. The van der Waals surface area contributed by atoms with E-state index in [1.54, 1.807) is 18.2 Å². The molecule has 0 radical (unpaired) electrons. The van der Waals surface area contributed by atoms with E-state index in [1.165, 1.54) is 11.0 Å². The predicted octanol–water partition coefficient (Wildman–Crippen LogP) is 2.23. The molecule has 3 rings (SSSR count). The molecule has 2 N–H and O–H groups in total. The maximum Gasteiger partial charge on any atom is 0.326 e. The predicted molar refractivity (Wildman–Crippen MR) is 92.4 cm³/mol. The Labute approximate surface area is 150 Å². The van der Waals surface area contributed by atoms with E-state index in [0.717, 1.165) is 0 Å². The molecule has 0 bridgehead atoms. The number of carboxylic acid groups (broad SMARTS) is 1. The Morgan fingerprint density at radius 1 is 1.20 bits per heavy atom. The van der Waals surface area contributed by atoms with Gasteiger partial charge in [0.1, 0.15) is 12.1 Å². The Balaban J connectivity index is 1.81. The number of benzene rings is 1. The van der Waals surface area contributed by atoms with Crippen molar-refractivity contribution in [1.82, 2.24) is 10.2 Å². The van der Waals surface area contributed by atoms with Crippen LogP contribution in [0.15, 0.2) is 36.4 Å². The number of fused-ring (bicyclic) bond motifs is 1. The number of nitrogens with zero attached hydrogens (tertiary/aromatic N) is 1. The first-order chi connectivity index (χ1) is 12.0. The first kappa shape index (κ1) is 17.5. The number of carboxylic acids is 1. The van der Waals surface area contributed by atoms with Crippen molar-refractivity contribution in [2.45, 2.75) is 43.8 Å². The SMILES string of the molecule is O=C(N[C@H]1CC=CC[C@@H]2CC[C@@H](C(=O)O)N2C1=O)c1cccc(Cl)c1. The van der Waals surface area contributed by atoms with Gasteiger partial charge >= 0.3 is 5.97 Å². The fourth-order valence-corrected chi connectivity index (χ4v) is 3.64. The van der Waals surface area contributed by atoms with Gasteiger partial charge in [0.2, 0.25) is 5.91 Å². The minimum Gasteiger partial charge on any atom is -0.480 e. The van der Waals surface area contributed by atoms with Crippen molar-refractivity contribution >= 4 is 29.4 Å². The number of carbonyl (C=O) groups excluding carboxylic acids is 2. The van der Waals surface area contributed by atoms with E-state index in [-0.39, 0.29) is 11.9 Å². The molecule has 25 heavy (non-hydrogen) atoms. The van der Waals surface area contributed by atoms with Gasteiger partial charge in [-0.1, -0.05) is 29.8 Å². The molecule has 1 aromatic rings. The van der Waals surface area contributed by atoms with Gasteiger partial charge in [-0.2, -0.15) is 0 Å². The molecule has 0 saturated carbocycles. The van der Waals surface area contributed by atoms with Crippen molar-refractivity contribution in [3.63, 3.8) is 0 Å². The second kappa shape index (κ2) is 7.27. The lowest BCUT2D eigenvalue weighted by molar-refractivity contribution is -0.150. The zero-order valence-electron chi connectivity index (χ0n) is 13.5. The Morgan fingerprint density at radius 3 is 2.68 bits per heavy atom. The number of rotatable bonds is 3. The first-order valence-corrected chi connectivity index (χ1v) is 8.61. The fourth-order valence-electron chi connectivity index (χ4n) is 3.45. The van der Waals surface area contributed by atoms with E-state index in [2.05, 4.69) is 5.32 Å². The van der Waals surface area contributed by atoms with Crippen LogP contribution in [0.3, 0.4) is 0 Å². The van der Waals surface area contributed by atoms with Crippen LogP contribution in [0.25, 0.3) is 0 Å². The Kier molecular flexibility index (Phi) is 5.08. The van der Waals surface area contributed by atoms with Gasteiger partial charge in [0, 0.05) is 16.6 Å². The molecule has 0 aliphatic carbocycles. The van der Waals surface area contributed by atoms with E-state index in [1.807, 2.05) is 12.2 Å². The van der Waals surface area contributed by atoms with Crippen molar-refractivity contribution in [2.24, 2.45) is 0 Å². The molecule has 3 atom stereocenters. The van der Waals surface area contributed by atoms with Gasteiger partial charge < -0.3 is 15.3 Å². The van der Waals surface area contributed by atoms with Crippen LogP contribution < -0.4 is 5.32 Å². The highest BCUT2D eigenvalue weighted by Crippen LogP contribution is 2.29. The number of nitrogens with one attached hydrogen (secondary N) is 1. The highest BCUT2D eigenvalue weighted by molar-refractivity contribution is 6.31. The standard InChI is InChI=1S/C18H19ClN2O4/c19-12-5-3-4-11(10-12)16(22)20-14-7-2-1-6-13-8-9-15(18(24)25)21(13)17(14)23/h1-5,10,13-15H,6-9H2,(H,20,22)(H,24,25)/t13-,14+,15+/m1/s1. The van der Waals surface area contributed by atoms with E-state index in [4.69, 9.17) is 11.6 Å². The van der Waals surface area contributed by atoms with Crippen molar-refractivity contribution in [1.29, 1.82) is 0 Å². The summed E-state index contributed by atoms with van der Waals surface area (Å²) in [6.45, 7) is 0. The van der Waals surface area contributed by atoms with E-state index in [0.29, 0.717) is 36.3 Å². The zero-order valence-corrected chi connectivity index (χ0v) is 14.3. The molecule has 0 aromatic heterocycles. The molecule has 1 fully saturated rings. The summed E-state index contributed by atoms with van der Waals surface area (Å²) in [5.41, 5.74) is 0.360. The average molecular weight is 363 g/mol. The van der Waals surface area contributed by atoms with Gasteiger partial charge in [-0.05, 0) is 43.9 Å². The number of hydrogen-bond donors (Lipinski definition) is 2. The Hall–Kier alpha value is -2.34. The third-order valence-electron chi connectivity index (χ3n) is 4.68. The summed E-state index contributed by atoms with van der Waals surface area (Å²) in [6.07, 6.45) is 5.89. The lowest BCUT2D eigenvalue weighted by Gasteiger charge is -2.32. The lowest BCUT2D eigenvalue weighted by atomic mass is 10.0.